The Hall–Kier alpha value is -3.46. The molecule has 5 rings (SSSR count). The average Bonchev–Trinajstić information content (AvgIpc) is 3.39. The molecule has 0 atom stereocenters. The number of para-hydroxylation sites is 2. The van der Waals surface area contributed by atoms with Crippen molar-refractivity contribution in [3.8, 4) is 33.4 Å². The molecule has 4 aromatic rings. The van der Waals surface area contributed by atoms with Crippen molar-refractivity contribution < 1.29 is 9.90 Å². The van der Waals surface area contributed by atoms with Gasteiger partial charge in [-0.3, -0.25) is 4.79 Å². The Kier molecular flexibility index (Phi) is 4.17. The lowest BCUT2D eigenvalue weighted by molar-refractivity contribution is -0.114. The van der Waals surface area contributed by atoms with Crippen molar-refractivity contribution >= 4 is 22.4 Å². The first-order chi connectivity index (χ1) is 14.1. The number of aryl methyl sites for hydroxylation is 1. The van der Waals surface area contributed by atoms with E-state index >= 15 is 0 Å². The molecule has 0 unspecified atom stereocenters. The normalized spacial score (nSPS) is 12.9. The summed E-state index contributed by atoms with van der Waals surface area (Å²) in [6.07, 6.45) is 5.93. The van der Waals surface area contributed by atoms with E-state index in [0.29, 0.717) is 10.8 Å². The van der Waals surface area contributed by atoms with E-state index in [4.69, 9.17) is 5.10 Å². The highest BCUT2D eigenvalue weighted by molar-refractivity contribution is 7.19. The third-order valence-corrected chi connectivity index (χ3v) is 5.90. The van der Waals surface area contributed by atoms with Crippen molar-refractivity contribution in [3.63, 3.8) is 0 Å². The number of phenolic OH excluding ortho intramolecular Hbond substituents is 1. The van der Waals surface area contributed by atoms with Gasteiger partial charge in [0.15, 0.2) is 5.13 Å². The summed E-state index contributed by atoms with van der Waals surface area (Å²) in [5, 5.41) is 18.7. The molecule has 0 saturated carbocycles. The number of nitrogens with zero attached hydrogens (tertiary/aromatic N) is 4. The number of carbonyl (C=O) groups excluding carboxylic acids is 1. The number of phenols is 1. The zero-order valence-electron chi connectivity index (χ0n) is 15.6. The smallest absolute Gasteiger partial charge is 0.223 e. The number of aromatic hydroxyl groups is 1. The Morgan fingerprint density at radius 3 is 2.93 bits per heavy atom. The van der Waals surface area contributed by atoms with Gasteiger partial charge < -0.3 is 15.4 Å². The van der Waals surface area contributed by atoms with E-state index < -0.39 is 0 Å². The molecule has 0 radical (unpaired) electrons. The number of thiazole rings is 1. The van der Waals surface area contributed by atoms with Crippen molar-refractivity contribution in [1.29, 1.82) is 0 Å². The van der Waals surface area contributed by atoms with Crippen LogP contribution in [0.1, 0.15) is 24.6 Å². The molecule has 29 heavy (non-hydrogen) atoms. The van der Waals surface area contributed by atoms with Gasteiger partial charge in [-0.05, 0) is 31.4 Å². The van der Waals surface area contributed by atoms with Crippen LogP contribution in [0.2, 0.25) is 0 Å². The van der Waals surface area contributed by atoms with Gasteiger partial charge in [-0.15, -0.1) is 0 Å². The summed E-state index contributed by atoms with van der Waals surface area (Å²) in [6.45, 7) is 1.47. The number of aromatic nitrogens is 5. The van der Waals surface area contributed by atoms with E-state index in [1.807, 2.05) is 12.1 Å². The van der Waals surface area contributed by atoms with E-state index in [1.165, 1.54) is 18.3 Å². The van der Waals surface area contributed by atoms with Crippen LogP contribution in [0.5, 0.6) is 5.75 Å². The number of anilines is 1. The van der Waals surface area contributed by atoms with E-state index in [9.17, 15) is 9.90 Å². The maximum absolute atomic E-state index is 11.5. The number of amides is 1. The number of carbonyl (C=O) groups is 1. The number of H-pyrrole nitrogens is 1. The first kappa shape index (κ1) is 17.6. The van der Waals surface area contributed by atoms with E-state index in [-0.39, 0.29) is 11.7 Å². The topological polar surface area (TPSA) is 109 Å². The van der Waals surface area contributed by atoms with Gasteiger partial charge in [-0.1, -0.05) is 23.5 Å². The zero-order chi connectivity index (χ0) is 20.0. The number of hydrogen-bond donors (Lipinski definition) is 3. The van der Waals surface area contributed by atoms with Crippen LogP contribution in [0.25, 0.3) is 27.6 Å². The van der Waals surface area contributed by atoms with Gasteiger partial charge in [0, 0.05) is 12.5 Å². The largest absolute Gasteiger partial charge is 0.506 e. The molecular weight excluding hydrogens is 388 g/mol. The SMILES string of the molecule is CC(=O)Nc1nc2c(s1)-c1c(c(-c3cnc[nH]3)nn1-c1ccccc1O)CCC2. The summed E-state index contributed by atoms with van der Waals surface area (Å²) in [5.41, 5.74) is 5.14. The molecule has 3 N–H and O–H groups in total. The standard InChI is InChI=1S/C20H18N6O2S/c1-11(27)23-20-24-13-6-4-5-12-17(14-9-21-10-22-14)25-26(18(12)19(13)29-20)15-7-2-3-8-16(15)28/h2-3,7-10,28H,4-6H2,1H3,(H,21,22)(H,23,24,27). The van der Waals surface area contributed by atoms with Gasteiger partial charge >= 0.3 is 0 Å². The van der Waals surface area contributed by atoms with Crippen molar-refractivity contribution in [1.82, 2.24) is 24.7 Å². The fourth-order valence-corrected chi connectivity index (χ4v) is 4.80. The predicted molar refractivity (Wildman–Crippen MR) is 110 cm³/mol. The molecule has 0 fully saturated rings. The minimum atomic E-state index is -0.151. The molecule has 9 heteroatoms. The highest BCUT2D eigenvalue weighted by Crippen LogP contribution is 2.43. The number of hydrogen-bond acceptors (Lipinski definition) is 6. The Bertz CT molecular complexity index is 1210. The molecule has 3 aromatic heterocycles. The molecule has 0 saturated heterocycles. The zero-order valence-corrected chi connectivity index (χ0v) is 16.5. The molecule has 0 aliphatic heterocycles. The second-order valence-corrected chi connectivity index (χ2v) is 7.87. The quantitative estimate of drug-likeness (QED) is 0.482. The van der Waals surface area contributed by atoms with Crippen LogP contribution in [0, 0.1) is 0 Å². The molecule has 8 nitrogen and oxygen atoms in total. The van der Waals surface area contributed by atoms with Crippen molar-refractivity contribution in [2.75, 3.05) is 5.32 Å². The van der Waals surface area contributed by atoms with Gasteiger partial charge in [0.05, 0.1) is 34.5 Å². The van der Waals surface area contributed by atoms with Crippen LogP contribution in [-0.4, -0.2) is 35.7 Å². The molecule has 1 aliphatic rings. The molecule has 1 aliphatic carbocycles. The fourth-order valence-electron chi connectivity index (χ4n) is 3.68. The van der Waals surface area contributed by atoms with Gasteiger partial charge in [-0.25, -0.2) is 14.6 Å². The summed E-state index contributed by atoms with van der Waals surface area (Å²) in [6, 6.07) is 7.13. The summed E-state index contributed by atoms with van der Waals surface area (Å²) in [4.78, 5) is 24.4. The summed E-state index contributed by atoms with van der Waals surface area (Å²) in [7, 11) is 0. The Morgan fingerprint density at radius 2 is 2.17 bits per heavy atom. The fraction of sp³-hybridized carbons (Fsp3) is 0.200. The second-order valence-electron chi connectivity index (χ2n) is 6.87. The van der Waals surface area contributed by atoms with Crippen molar-refractivity contribution in [3.05, 3.63) is 48.0 Å². The minimum absolute atomic E-state index is 0.145. The first-order valence-corrected chi connectivity index (χ1v) is 10.1. The van der Waals surface area contributed by atoms with E-state index in [1.54, 1.807) is 29.3 Å². The van der Waals surface area contributed by atoms with Gasteiger partial charge in [-0.2, -0.15) is 5.10 Å². The molecule has 146 valence electrons. The molecule has 1 amide bonds. The lowest BCUT2D eigenvalue weighted by Crippen LogP contribution is -2.05. The van der Waals surface area contributed by atoms with E-state index in [0.717, 1.165) is 52.5 Å². The Labute approximate surface area is 170 Å². The van der Waals surface area contributed by atoms with Gasteiger partial charge in [0.2, 0.25) is 5.91 Å². The number of benzene rings is 1. The van der Waals surface area contributed by atoms with Gasteiger partial charge in [0.1, 0.15) is 17.1 Å². The van der Waals surface area contributed by atoms with Crippen LogP contribution < -0.4 is 5.32 Å². The van der Waals surface area contributed by atoms with Crippen LogP contribution in [0.15, 0.2) is 36.8 Å². The summed E-state index contributed by atoms with van der Waals surface area (Å²) in [5.74, 6) is -0.00662. The van der Waals surface area contributed by atoms with Crippen LogP contribution in [0.3, 0.4) is 0 Å². The summed E-state index contributed by atoms with van der Waals surface area (Å²) >= 11 is 1.43. The van der Waals surface area contributed by atoms with Crippen molar-refractivity contribution in [2.45, 2.75) is 26.2 Å². The molecular formula is C20H18N6O2S. The number of imidazole rings is 1. The van der Waals surface area contributed by atoms with E-state index in [2.05, 4.69) is 20.3 Å². The number of fused-ring (bicyclic) bond motifs is 3. The molecule has 1 aromatic carbocycles. The summed E-state index contributed by atoms with van der Waals surface area (Å²) < 4.78 is 1.78. The van der Waals surface area contributed by atoms with Gasteiger partial charge in [0.25, 0.3) is 0 Å². The highest BCUT2D eigenvalue weighted by atomic mass is 32.1. The highest BCUT2D eigenvalue weighted by Gasteiger charge is 2.29. The lowest BCUT2D eigenvalue weighted by Gasteiger charge is -2.09. The molecule has 3 heterocycles. The maximum Gasteiger partial charge on any atom is 0.223 e. The monoisotopic (exact) mass is 406 g/mol. The Morgan fingerprint density at radius 1 is 1.31 bits per heavy atom. The number of aromatic amines is 1. The molecule has 0 spiro atoms. The van der Waals surface area contributed by atoms with Crippen LogP contribution >= 0.6 is 11.3 Å². The second kappa shape index (κ2) is 6.85. The third kappa shape index (κ3) is 2.99. The predicted octanol–water partition coefficient (Wildman–Crippen LogP) is 3.54. The third-order valence-electron chi connectivity index (χ3n) is 4.88. The number of nitrogens with one attached hydrogen (secondary N) is 2. The average molecular weight is 406 g/mol. The maximum atomic E-state index is 11.5. The van der Waals surface area contributed by atoms with Crippen LogP contribution in [-0.2, 0) is 17.6 Å². The minimum Gasteiger partial charge on any atom is -0.506 e. The number of rotatable bonds is 3. The Balaban J connectivity index is 1.79. The molecule has 0 bridgehead atoms. The van der Waals surface area contributed by atoms with Crippen LogP contribution in [0.4, 0.5) is 5.13 Å². The first-order valence-electron chi connectivity index (χ1n) is 9.28. The lowest BCUT2D eigenvalue weighted by atomic mass is 10.1. The van der Waals surface area contributed by atoms with Crippen molar-refractivity contribution in [2.24, 2.45) is 0 Å².